The second kappa shape index (κ2) is 11.2. The summed E-state index contributed by atoms with van der Waals surface area (Å²) >= 11 is 0. The van der Waals surface area contributed by atoms with E-state index in [4.69, 9.17) is 9.47 Å². The van der Waals surface area contributed by atoms with Crippen LogP contribution >= 0.6 is 0 Å². The van der Waals surface area contributed by atoms with Crippen LogP contribution in [-0.4, -0.2) is 32.6 Å². The molecular formula is C29H28N2O4. The molecule has 0 bridgehead atoms. The number of anilines is 1. The second-order valence-corrected chi connectivity index (χ2v) is 8.10. The van der Waals surface area contributed by atoms with Crippen LogP contribution in [0, 0.1) is 0 Å². The molecule has 178 valence electrons. The summed E-state index contributed by atoms with van der Waals surface area (Å²) in [6.07, 6.45) is 0.846. The SMILES string of the molecule is COc1ccc(CCNC(=O)c2ccccc2NC(=O)Cc2cccc3ccccc23)cc1OC. The van der Waals surface area contributed by atoms with E-state index >= 15 is 0 Å². The zero-order chi connectivity index (χ0) is 24.6. The van der Waals surface area contributed by atoms with E-state index < -0.39 is 0 Å². The van der Waals surface area contributed by atoms with Crippen molar-refractivity contribution in [1.29, 1.82) is 0 Å². The number of methoxy groups -OCH3 is 2. The number of nitrogens with one attached hydrogen (secondary N) is 2. The molecule has 0 spiro atoms. The highest BCUT2D eigenvalue weighted by Crippen LogP contribution is 2.27. The standard InChI is InChI=1S/C29H28N2O4/c1-34-26-15-14-20(18-27(26)35-2)16-17-30-29(33)24-12-5-6-13-25(24)31-28(32)19-22-10-7-9-21-8-3-4-11-23(21)22/h3-15,18H,16-17,19H2,1-2H3,(H,30,33)(H,31,32). The minimum atomic E-state index is -0.244. The van der Waals surface area contributed by atoms with E-state index in [2.05, 4.69) is 10.6 Å². The van der Waals surface area contributed by atoms with Gasteiger partial charge in [-0.25, -0.2) is 0 Å². The van der Waals surface area contributed by atoms with Crippen molar-refractivity contribution in [2.45, 2.75) is 12.8 Å². The molecule has 0 radical (unpaired) electrons. The molecule has 0 atom stereocenters. The Kier molecular flexibility index (Phi) is 7.63. The third-order valence-corrected chi connectivity index (χ3v) is 5.82. The fourth-order valence-electron chi connectivity index (χ4n) is 4.06. The van der Waals surface area contributed by atoms with Crippen molar-refractivity contribution in [3.8, 4) is 11.5 Å². The van der Waals surface area contributed by atoms with Crippen LogP contribution in [0.1, 0.15) is 21.5 Å². The number of hydrogen-bond donors (Lipinski definition) is 2. The third-order valence-electron chi connectivity index (χ3n) is 5.82. The monoisotopic (exact) mass is 468 g/mol. The largest absolute Gasteiger partial charge is 0.493 e. The number of ether oxygens (including phenoxy) is 2. The Balaban J connectivity index is 1.39. The van der Waals surface area contributed by atoms with Gasteiger partial charge in [-0.1, -0.05) is 60.7 Å². The summed E-state index contributed by atoms with van der Waals surface area (Å²) in [6, 6.07) is 26.6. The highest BCUT2D eigenvalue weighted by atomic mass is 16.5. The second-order valence-electron chi connectivity index (χ2n) is 8.10. The van der Waals surface area contributed by atoms with E-state index in [1.807, 2.05) is 60.7 Å². The van der Waals surface area contributed by atoms with Crippen molar-refractivity contribution >= 4 is 28.3 Å². The molecule has 2 amide bonds. The van der Waals surface area contributed by atoms with Gasteiger partial charge in [0, 0.05) is 6.54 Å². The van der Waals surface area contributed by atoms with Gasteiger partial charge in [-0.2, -0.15) is 0 Å². The van der Waals surface area contributed by atoms with Crippen LogP contribution in [-0.2, 0) is 17.6 Å². The zero-order valence-corrected chi connectivity index (χ0v) is 19.8. The predicted molar refractivity (Wildman–Crippen MR) is 138 cm³/mol. The van der Waals surface area contributed by atoms with Crippen molar-refractivity contribution in [2.24, 2.45) is 0 Å². The van der Waals surface area contributed by atoms with E-state index in [-0.39, 0.29) is 18.2 Å². The van der Waals surface area contributed by atoms with Crippen LogP contribution in [0.25, 0.3) is 10.8 Å². The summed E-state index contributed by atoms with van der Waals surface area (Å²) in [5.41, 5.74) is 2.87. The van der Waals surface area contributed by atoms with E-state index in [0.717, 1.165) is 21.9 Å². The molecule has 0 heterocycles. The van der Waals surface area contributed by atoms with Gasteiger partial charge >= 0.3 is 0 Å². The molecule has 0 aliphatic heterocycles. The lowest BCUT2D eigenvalue weighted by Crippen LogP contribution is -2.27. The van der Waals surface area contributed by atoms with Crippen LogP contribution in [0.4, 0.5) is 5.69 Å². The highest BCUT2D eigenvalue weighted by molar-refractivity contribution is 6.04. The lowest BCUT2D eigenvalue weighted by Gasteiger charge is -2.13. The smallest absolute Gasteiger partial charge is 0.253 e. The molecular weight excluding hydrogens is 440 g/mol. The number of carbonyl (C=O) groups is 2. The molecule has 0 unspecified atom stereocenters. The Labute approximate surface area is 204 Å². The molecule has 35 heavy (non-hydrogen) atoms. The fraction of sp³-hybridized carbons (Fsp3) is 0.172. The number of hydrogen-bond acceptors (Lipinski definition) is 4. The maximum atomic E-state index is 12.9. The Morgan fingerprint density at radius 2 is 1.54 bits per heavy atom. The van der Waals surface area contributed by atoms with Gasteiger partial charge in [0.25, 0.3) is 5.91 Å². The predicted octanol–water partition coefficient (Wildman–Crippen LogP) is 5.01. The first-order chi connectivity index (χ1) is 17.1. The van der Waals surface area contributed by atoms with Gasteiger partial charge in [0.2, 0.25) is 5.91 Å². The summed E-state index contributed by atoms with van der Waals surface area (Å²) < 4.78 is 10.6. The molecule has 4 rings (SSSR count). The molecule has 4 aromatic rings. The Bertz CT molecular complexity index is 1340. The van der Waals surface area contributed by atoms with Gasteiger partial charge in [0.05, 0.1) is 31.9 Å². The Morgan fingerprint density at radius 3 is 2.37 bits per heavy atom. The van der Waals surface area contributed by atoms with Crippen LogP contribution in [0.3, 0.4) is 0 Å². The van der Waals surface area contributed by atoms with E-state index in [0.29, 0.717) is 35.7 Å². The first kappa shape index (κ1) is 23.8. The van der Waals surface area contributed by atoms with E-state index in [9.17, 15) is 9.59 Å². The summed E-state index contributed by atoms with van der Waals surface area (Å²) in [4.78, 5) is 25.7. The van der Waals surface area contributed by atoms with E-state index in [1.165, 1.54) is 0 Å². The van der Waals surface area contributed by atoms with Crippen molar-refractivity contribution in [3.05, 3.63) is 102 Å². The lowest BCUT2D eigenvalue weighted by atomic mass is 10.0. The average Bonchev–Trinajstić information content (AvgIpc) is 2.89. The summed E-state index contributed by atoms with van der Waals surface area (Å²) in [6.45, 7) is 0.437. The normalized spacial score (nSPS) is 10.6. The molecule has 0 aliphatic rings. The average molecular weight is 469 g/mol. The zero-order valence-electron chi connectivity index (χ0n) is 19.8. The molecule has 0 aliphatic carbocycles. The quantitative estimate of drug-likeness (QED) is 0.362. The molecule has 0 aromatic heterocycles. The number of rotatable bonds is 9. The van der Waals surface area contributed by atoms with Gasteiger partial charge in [0.15, 0.2) is 11.5 Å². The number of fused-ring (bicyclic) bond motifs is 1. The lowest BCUT2D eigenvalue weighted by molar-refractivity contribution is -0.115. The molecule has 0 saturated heterocycles. The Morgan fingerprint density at radius 1 is 0.800 bits per heavy atom. The molecule has 6 nitrogen and oxygen atoms in total. The number of benzene rings is 4. The van der Waals surface area contributed by atoms with E-state index in [1.54, 1.807) is 38.5 Å². The molecule has 6 heteroatoms. The summed E-state index contributed by atoms with van der Waals surface area (Å²) in [7, 11) is 3.19. The number of amides is 2. The first-order valence-electron chi connectivity index (χ1n) is 11.4. The van der Waals surface area contributed by atoms with Gasteiger partial charge in [0.1, 0.15) is 0 Å². The van der Waals surface area contributed by atoms with Crippen LogP contribution in [0.5, 0.6) is 11.5 Å². The van der Waals surface area contributed by atoms with Crippen LogP contribution in [0.15, 0.2) is 84.9 Å². The van der Waals surface area contributed by atoms with Crippen molar-refractivity contribution in [1.82, 2.24) is 5.32 Å². The summed E-state index contributed by atoms with van der Waals surface area (Å²) in [5, 5.41) is 7.99. The molecule has 4 aromatic carbocycles. The highest BCUT2D eigenvalue weighted by Gasteiger charge is 2.14. The number of para-hydroxylation sites is 1. The first-order valence-corrected chi connectivity index (χ1v) is 11.4. The van der Waals surface area contributed by atoms with Crippen molar-refractivity contribution in [3.63, 3.8) is 0 Å². The van der Waals surface area contributed by atoms with Gasteiger partial charge < -0.3 is 20.1 Å². The van der Waals surface area contributed by atoms with Gasteiger partial charge in [-0.15, -0.1) is 0 Å². The van der Waals surface area contributed by atoms with Crippen molar-refractivity contribution < 1.29 is 19.1 Å². The Hall–Kier alpha value is -4.32. The molecule has 0 saturated carbocycles. The summed E-state index contributed by atoms with van der Waals surface area (Å²) in [5.74, 6) is 0.891. The third kappa shape index (κ3) is 5.79. The van der Waals surface area contributed by atoms with Gasteiger partial charge in [-0.05, 0) is 52.6 Å². The molecule has 0 fully saturated rings. The topological polar surface area (TPSA) is 76.7 Å². The maximum Gasteiger partial charge on any atom is 0.253 e. The maximum absolute atomic E-state index is 12.9. The van der Waals surface area contributed by atoms with Crippen molar-refractivity contribution in [2.75, 3.05) is 26.1 Å². The molecule has 2 N–H and O–H groups in total. The fourth-order valence-corrected chi connectivity index (χ4v) is 4.06. The number of carbonyl (C=O) groups excluding carboxylic acids is 2. The van der Waals surface area contributed by atoms with Gasteiger partial charge in [-0.3, -0.25) is 9.59 Å². The van der Waals surface area contributed by atoms with Crippen LogP contribution < -0.4 is 20.1 Å². The van der Waals surface area contributed by atoms with Crippen LogP contribution in [0.2, 0.25) is 0 Å². The minimum absolute atomic E-state index is 0.174. The minimum Gasteiger partial charge on any atom is -0.493 e.